The lowest BCUT2D eigenvalue weighted by molar-refractivity contribution is -0.120. The molecule has 4 aromatic rings. The van der Waals surface area contributed by atoms with Crippen LogP contribution in [0.3, 0.4) is 0 Å². The summed E-state index contributed by atoms with van der Waals surface area (Å²) in [6.07, 6.45) is 4.65. The second-order valence-electron chi connectivity index (χ2n) is 16.4. The zero-order valence-electron chi connectivity index (χ0n) is 42.9. The highest BCUT2D eigenvalue weighted by Gasteiger charge is 2.52. The van der Waals surface area contributed by atoms with Crippen molar-refractivity contribution in [2.24, 2.45) is 0 Å². The lowest BCUT2D eigenvalue weighted by Gasteiger charge is -2.31. The van der Waals surface area contributed by atoms with E-state index in [0.29, 0.717) is 22.6 Å². The Kier molecular flexibility index (Phi) is 20.2. The van der Waals surface area contributed by atoms with Gasteiger partial charge in [-0.3, -0.25) is 18.7 Å². The van der Waals surface area contributed by atoms with Crippen molar-refractivity contribution in [3.63, 3.8) is 0 Å². The molecule has 6 N–H and O–H groups in total. The standard InChI is InChI=1S/C50H66N2O18P2S/c1-13-49(14-2,71(55,56)57)47(53)51-37-25-31(17-21-39(37)65-7)45(23-19-35-41(67-9)27-33(63-5)28-42(35)68-10)73(61,62)46(24-20-36-43(69-11)29-34(64-6)30-44(36)70-12)32-18-22-40(66-8)38(26-32)52-48(54)50(15-3,16-4)72(58,59)60/h17-30,45-46H,13-16H2,1-12H3,(H,51,53)(H,52,54)(H2,55,56,57)(H2,58,59,60). The third-order valence-electron chi connectivity index (χ3n) is 13.0. The number of ether oxygens (including phenoxy) is 8. The van der Waals surface area contributed by atoms with Crippen LogP contribution in [-0.4, -0.2) is 107 Å². The molecule has 2 unspecified atom stereocenters. The maximum Gasteiger partial charge on any atom is 0.341 e. The van der Waals surface area contributed by atoms with Gasteiger partial charge in [0.15, 0.2) is 9.84 Å². The number of methoxy groups -OCH3 is 8. The number of carbonyl (C=O) groups excluding carboxylic acids is 2. The van der Waals surface area contributed by atoms with Gasteiger partial charge in [0.05, 0.1) is 79.4 Å². The molecular weight excluding hydrogens is 1010 g/mol. The average molecular weight is 1080 g/mol. The van der Waals surface area contributed by atoms with Crippen LogP contribution >= 0.6 is 15.2 Å². The largest absolute Gasteiger partial charge is 0.496 e. The summed E-state index contributed by atoms with van der Waals surface area (Å²) in [5.74, 6) is -0.357. The van der Waals surface area contributed by atoms with Crippen molar-refractivity contribution in [2.45, 2.75) is 74.2 Å². The first-order valence-corrected chi connectivity index (χ1v) is 27.6. The van der Waals surface area contributed by atoms with Gasteiger partial charge in [0.1, 0.15) is 66.8 Å². The summed E-state index contributed by atoms with van der Waals surface area (Å²) < 4.78 is 103. The van der Waals surface area contributed by atoms with Gasteiger partial charge in [0, 0.05) is 24.3 Å². The number of benzene rings is 4. The van der Waals surface area contributed by atoms with Gasteiger partial charge in [-0.05, 0) is 73.2 Å². The summed E-state index contributed by atoms with van der Waals surface area (Å²) in [6.45, 7) is 5.86. The SMILES string of the molecule is CCC(CC)(C(=O)Nc1cc(C(C=Cc2c(OC)cc(OC)cc2OC)S(=O)(=O)C(C=Cc2c(OC)cc(OC)cc2OC)c2ccc(OC)c(NC(=O)C(CC)(CC)P(=O)(O)O)c2)ccc1OC)P(=O)(O)O. The van der Waals surface area contributed by atoms with Crippen LogP contribution in [0.25, 0.3) is 12.2 Å². The predicted molar refractivity (Wildman–Crippen MR) is 279 cm³/mol. The van der Waals surface area contributed by atoms with Crippen LogP contribution in [0.1, 0.15) is 86.1 Å². The Bertz CT molecular complexity index is 2650. The fourth-order valence-corrected chi connectivity index (χ4v) is 12.7. The van der Waals surface area contributed by atoms with E-state index in [1.807, 2.05) is 0 Å². The molecular formula is C50H66N2O18P2S. The van der Waals surface area contributed by atoms with E-state index in [1.54, 1.807) is 24.3 Å². The summed E-state index contributed by atoms with van der Waals surface area (Å²) in [5.41, 5.74) is 0.386. The molecule has 0 aliphatic carbocycles. The molecule has 2 atom stereocenters. The molecule has 0 saturated carbocycles. The molecule has 400 valence electrons. The number of hydrogen-bond acceptors (Lipinski definition) is 14. The van der Waals surface area contributed by atoms with Crippen LogP contribution in [0, 0.1) is 0 Å². The Balaban J connectivity index is 2.18. The van der Waals surface area contributed by atoms with E-state index in [0.717, 1.165) is 0 Å². The normalized spacial score (nSPS) is 13.3. The van der Waals surface area contributed by atoms with Crippen molar-refractivity contribution in [3.05, 3.63) is 95.1 Å². The van der Waals surface area contributed by atoms with Crippen LogP contribution in [-0.2, 0) is 28.6 Å². The molecule has 0 spiro atoms. The predicted octanol–water partition coefficient (Wildman–Crippen LogP) is 8.73. The quantitative estimate of drug-likeness (QED) is 0.0321. The zero-order valence-corrected chi connectivity index (χ0v) is 45.5. The van der Waals surface area contributed by atoms with Crippen LogP contribution in [0.5, 0.6) is 46.0 Å². The van der Waals surface area contributed by atoms with E-state index in [9.17, 15) is 38.3 Å². The van der Waals surface area contributed by atoms with E-state index < -0.39 is 57.7 Å². The van der Waals surface area contributed by atoms with Crippen LogP contribution in [0.4, 0.5) is 11.4 Å². The van der Waals surface area contributed by atoms with Gasteiger partial charge >= 0.3 is 15.2 Å². The van der Waals surface area contributed by atoms with Gasteiger partial charge in [-0.15, -0.1) is 0 Å². The number of carbonyl (C=O) groups is 2. The molecule has 20 nitrogen and oxygen atoms in total. The Morgan fingerprint density at radius 3 is 1.03 bits per heavy atom. The summed E-state index contributed by atoms with van der Waals surface area (Å²) in [5, 5.41) is -2.50. The monoisotopic (exact) mass is 1080 g/mol. The van der Waals surface area contributed by atoms with Crippen molar-refractivity contribution < 1.29 is 84.6 Å². The smallest absolute Gasteiger partial charge is 0.341 e. The molecule has 73 heavy (non-hydrogen) atoms. The second-order valence-corrected chi connectivity index (χ2v) is 22.5. The first-order valence-electron chi connectivity index (χ1n) is 22.7. The second kappa shape index (κ2) is 24.8. The summed E-state index contributed by atoms with van der Waals surface area (Å²) >= 11 is 0. The van der Waals surface area contributed by atoms with Crippen molar-refractivity contribution in [3.8, 4) is 46.0 Å². The van der Waals surface area contributed by atoms with Crippen LogP contribution in [0.15, 0.2) is 72.8 Å². The third kappa shape index (κ3) is 12.3. The van der Waals surface area contributed by atoms with Crippen molar-refractivity contribution in [2.75, 3.05) is 67.5 Å². The van der Waals surface area contributed by atoms with Crippen molar-refractivity contribution in [1.29, 1.82) is 0 Å². The van der Waals surface area contributed by atoms with Crippen molar-refractivity contribution in [1.82, 2.24) is 0 Å². The molecule has 23 heteroatoms. The van der Waals surface area contributed by atoms with Gasteiger partial charge in [0.2, 0.25) is 11.8 Å². The van der Waals surface area contributed by atoms with Crippen LogP contribution in [0.2, 0.25) is 0 Å². The molecule has 0 aliphatic rings. The highest BCUT2D eigenvalue weighted by molar-refractivity contribution is 7.92. The average Bonchev–Trinajstić information content (AvgIpc) is 3.36. The molecule has 0 bridgehead atoms. The molecule has 0 heterocycles. The molecule has 4 rings (SSSR count). The third-order valence-corrected chi connectivity index (χ3v) is 19.2. The molecule has 0 radical (unpaired) electrons. The van der Waals surface area contributed by atoms with Gasteiger partial charge in [0.25, 0.3) is 0 Å². The van der Waals surface area contributed by atoms with E-state index in [2.05, 4.69) is 10.6 Å². The minimum atomic E-state index is -5.08. The first-order chi connectivity index (χ1) is 34.4. The fourth-order valence-electron chi connectivity index (χ4n) is 8.45. The summed E-state index contributed by atoms with van der Waals surface area (Å²) in [7, 11) is -3.90. The van der Waals surface area contributed by atoms with Crippen molar-refractivity contribution >= 4 is 60.4 Å². The number of rotatable bonds is 26. The fraction of sp³-hybridized carbons (Fsp3) is 0.400. The van der Waals surface area contributed by atoms with E-state index in [-0.39, 0.29) is 82.7 Å². The van der Waals surface area contributed by atoms with E-state index in [4.69, 9.17) is 37.9 Å². The Hall–Kier alpha value is -6.05. The molecule has 4 aromatic carbocycles. The molecule has 0 aliphatic heterocycles. The molecule has 0 fully saturated rings. The highest BCUT2D eigenvalue weighted by Crippen LogP contribution is 2.56. The minimum absolute atomic E-state index is 0.0194. The van der Waals surface area contributed by atoms with Gasteiger partial charge in [-0.1, -0.05) is 52.0 Å². The first kappa shape index (κ1) is 59.5. The lowest BCUT2D eigenvalue weighted by atomic mass is 10.0. The maximum absolute atomic E-state index is 16.1. The minimum Gasteiger partial charge on any atom is -0.496 e. The lowest BCUT2D eigenvalue weighted by Crippen LogP contribution is -2.41. The zero-order chi connectivity index (χ0) is 54.7. The number of hydrogen-bond donors (Lipinski definition) is 6. The van der Waals surface area contributed by atoms with Gasteiger partial charge < -0.3 is 68.1 Å². The topological polar surface area (TPSA) is 281 Å². The highest BCUT2D eigenvalue weighted by atomic mass is 32.2. The van der Waals surface area contributed by atoms with Gasteiger partial charge in [-0.25, -0.2) is 8.42 Å². The summed E-state index contributed by atoms with van der Waals surface area (Å²) in [4.78, 5) is 69.8. The molecule has 0 saturated heterocycles. The van der Waals surface area contributed by atoms with Crippen LogP contribution < -0.4 is 48.5 Å². The molecule has 2 amide bonds. The van der Waals surface area contributed by atoms with E-state index >= 15 is 8.42 Å². The Morgan fingerprint density at radius 2 is 0.795 bits per heavy atom. The number of amides is 2. The van der Waals surface area contributed by atoms with Gasteiger partial charge in [-0.2, -0.15) is 0 Å². The Morgan fingerprint density at radius 1 is 0.507 bits per heavy atom. The molecule has 0 aromatic heterocycles. The number of anilines is 2. The summed E-state index contributed by atoms with van der Waals surface area (Å²) in [6, 6.07) is 14.5. The number of nitrogens with one attached hydrogen (secondary N) is 2. The Labute approximate surface area is 426 Å². The van der Waals surface area contributed by atoms with E-state index in [1.165, 1.54) is 145 Å². The maximum atomic E-state index is 16.1. The number of sulfone groups is 1.